The lowest BCUT2D eigenvalue weighted by atomic mass is 10.1. The van der Waals surface area contributed by atoms with Crippen LogP contribution >= 0.6 is 0 Å². The van der Waals surface area contributed by atoms with Crippen LogP contribution in [-0.4, -0.2) is 17.7 Å². The number of hydrogen-bond acceptors (Lipinski definition) is 3. The molecule has 4 N–H and O–H groups in total. The molecule has 1 heterocycles. The van der Waals surface area contributed by atoms with E-state index in [1.165, 1.54) is 5.56 Å². The van der Waals surface area contributed by atoms with E-state index in [-0.39, 0.29) is 0 Å². The van der Waals surface area contributed by atoms with Gasteiger partial charge in [-0.2, -0.15) is 0 Å². The van der Waals surface area contributed by atoms with Crippen molar-refractivity contribution in [1.82, 2.24) is 0 Å². The predicted molar refractivity (Wildman–Crippen MR) is 48.3 cm³/mol. The van der Waals surface area contributed by atoms with Crippen molar-refractivity contribution in [3.8, 4) is 5.75 Å². The predicted octanol–water partition coefficient (Wildman–Crippen LogP) is 0.687. The Morgan fingerprint density at radius 1 is 1.58 bits per heavy atom. The van der Waals surface area contributed by atoms with Gasteiger partial charge in [0.25, 0.3) is 0 Å². The van der Waals surface area contributed by atoms with Gasteiger partial charge in [-0.05, 0) is 18.1 Å². The number of anilines is 1. The smallest absolute Gasteiger partial charge is 0.117 e. The molecule has 64 valence electrons. The fourth-order valence-electron chi connectivity index (χ4n) is 1.56. The quantitative estimate of drug-likeness (QED) is 0.572. The highest BCUT2D eigenvalue weighted by atomic mass is 16.3. The van der Waals surface area contributed by atoms with E-state index in [0.717, 1.165) is 12.1 Å². The maximum Gasteiger partial charge on any atom is 0.117 e. The molecule has 1 aromatic carbocycles. The second-order valence-electron chi connectivity index (χ2n) is 3.12. The molecule has 0 bridgehead atoms. The van der Waals surface area contributed by atoms with Crippen LogP contribution < -0.4 is 11.1 Å². The van der Waals surface area contributed by atoms with Crippen LogP contribution in [0.4, 0.5) is 5.69 Å². The SMILES string of the molecule is NC[C@@H]1Cc2ccc(O)cc2N1. The van der Waals surface area contributed by atoms with E-state index in [1.54, 1.807) is 12.1 Å². The third-order valence-electron chi connectivity index (χ3n) is 2.20. The molecular weight excluding hydrogens is 152 g/mol. The molecule has 0 spiro atoms. The maximum atomic E-state index is 9.18. The highest BCUT2D eigenvalue weighted by Gasteiger charge is 2.18. The van der Waals surface area contributed by atoms with Crippen LogP contribution in [0.5, 0.6) is 5.75 Å². The summed E-state index contributed by atoms with van der Waals surface area (Å²) < 4.78 is 0. The average Bonchev–Trinajstić information content (AvgIpc) is 2.46. The molecule has 0 aliphatic carbocycles. The maximum absolute atomic E-state index is 9.18. The molecule has 2 rings (SSSR count). The second kappa shape index (κ2) is 2.68. The molecule has 0 aromatic heterocycles. The molecule has 12 heavy (non-hydrogen) atoms. The monoisotopic (exact) mass is 164 g/mol. The largest absolute Gasteiger partial charge is 0.508 e. The summed E-state index contributed by atoms with van der Waals surface area (Å²) in [5, 5.41) is 12.4. The van der Waals surface area contributed by atoms with Crippen molar-refractivity contribution < 1.29 is 5.11 Å². The normalized spacial score (nSPS) is 20.2. The highest BCUT2D eigenvalue weighted by Crippen LogP contribution is 2.28. The average molecular weight is 164 g/mol. The van der Waals surface area contributed by atoms with Crippen LogP contribution in [0.25, 0.3) is 0 Å². The van der Waals surface area contributed by atoms with Crippen LogP contribution in [0.2, 0.25) is 0 Å². The number of hydrogen-bond donors (Lipinski definition) is 3. The Morgan fingerprint density at radius 2 is 2.42 bits per heavy atom. The van der Waals surface area contributed by atoms with Gasteiger partial charge in [0.2, 0.25) is 0 Å². The van der Waals surface area contributed by atoms with Gasteiger partial charge < -0.3 is 16.2 Å². The summed E-state index contributed by atoms with van der Waals surface area (Å²) in [6.45, 7) is 0.634. The molecule has 1 aromatic rings. The summed E-state index contributed by atoms with van der Waals surface area (Å²) in [5.74, 6) is 0.305. The Labute approximate surface area is 71.2 Å². The third kappa shape index (κ3) is 1.12. The summed E-state index contributed by atoms with van der Waals surface area (Å²) in [4.78, 5) is 0. The van der Waals surface area contributed by atoms with Gasteiger partial charge in [-0.25, -0.2) is 0 Å². The van der Waals surface area contributed by atoms with Gasteiger partial charge in [-0.3, -0.25) is 0 Å². The summed E-state index contributed by atoms with van der Waals surface area (Å²) >= 11 is 0. The lowest BCUT2D eigenvalue weighted by molar-refractivity contribution is 0.475. The number of nitrogens with two attached hydrogens (primary N) is 1. The minimum Gasteiger partial charge on any atom is -0.508 e. The zero-order chi connectivity index (χ0) is 8.55. The molecule has 1 aliphatic heterocycles. The molecule has 0 saturated heterocycles. The van der Waals surface area contributed by atoms with Crippen molar-refractivity contribution in [1.29, 1.82) is 0 Å². The van der Waals surface area contributed by atoms with Crippen molar-refractivity contribution in [3.05, 3.63) is 23.8 Å². The van der Waals surface area contributed by atoms with Crippen molar-refractivity contribution in [3.63, 3.8) is 0 Å². The van der Waals surface area contributed by atoms with E-state index in [4.69, 9.17) is 5.73 Å². The highest BCUT2D eigenvalue weighted by molar-refractivity contribution is 5.59. The first-order valence-corrected chi connectivity index (χ1v) is 4.08. The first-order valence-electron chi connectivity index (χ1n) is 4.08. The van der Waals surface area contributed by atoms with E-state index < -0.39 is 0 Å². The zero-order valence-corrected chi connectivity index (χ0v) is 6.75. The van der Waals surface area contributed by atoms with Crippen LogP contribution in [-0.2, 0) is 6.42 Å². The molecule has 0 unspecified atom stereocenters. The summed E-state index contributed by atoms with van der Waals surface area (Å²) in [6.07, 6.45) is 0.964. The van der Waals surface area contributed by atoms with Gasteiger partial charge in [-0.1, -0.05) is 6.07 Å². The van der Waals surface area contributed by atoms with Crippen molar-refractivity contribution in [2.75, 3.05) is 11.9 Å². The number of rotatable bonds is 1. The molecule has 1 aliphatic rings. The fraction of sp³-hybridized carbons (Fsp3) is 0.333. The van der Waals surface area contributed by atoms with Crippen LogP contribution in [0.3, 0.4) is 0 Å². The van der Waals surface area contributed by atoms with Crippen molar-refractivity contribution >= 4 is 5.69 Å². The molecule has 3 heteroatoms. The van der Waals surface area contributed by atoms with Crippen LogP contribution in [0.1, 0.15) is 5.56 Å². The molecule has 0 saturated carbocycles. The first-order chi connectivity index (χ1) is 5.79. The number of phenolic OH excluding ortho intramolecular Hbond substituents is 1. The fourth-order valence-corrected chi connectivity index (χ4v) is 1.56. The van der Waals surface area contributed by atoms with E-state index in [1.807, 2.05) is 6.07 Å². The minimum atomic E-state index is 0.305. The molecule has 3 nitrogen and oxygen atoms in total. The topological polar surface area (TPSA) is 58.3 Å². The molecular formula is C9H12N2O. The van der Waals surface area contributed by atoms with Crippen LogP contribution in [0.15, 0.2) is 18.2 Å². The van der Waals surface area contributed by atoms with E-state index in [9.17, 15) is 5.11 Å². The Morgan fingerprint density at radius 3 is 3.17 bits per heavy atom. The van der Waals surface area contributed by atoms with Crippen molar-refractivity contribution in [2.24, 2.45) is 5.73 Å². The third-order valence-corrected chi connectivity index (χ3v) is 2.20. The van der Waals surface area contributed by atoms with Crippen molar-refractivity contribution in [2.45, 2.75) is 12.5 Å². The number of nitrogens with one attached hydrogen (secondary N) is 1. The Balaban J connectivity index is 2.30. The van der Waals surface area contributed by atoms with Gasteiger partial charge >= 0.3 is 0 Å². The standard InChI is InChI=1S/C9H12N2O/c10-5-7-3-6-1-2-8(12)4-9(6)11-7/h1-2,4,7,11-12H,3,5,10H2/t7-/m0/s1. The second-order valence-corrected chi connectivity index (χ2v) is 3.12. The van der Waals surface area contributed by atoms with Gasteiger partial charge in [-0.15, -0.1) is 0 Å². The summed E-state index contributed by atoms with van der Waals surface area (Å²) in [5.41, 5.74) is 7.78. The number of phenols is 1. The number of fused-ring (bicyclic) bond motifs is 1. The van der Waals surface area contributed by atoms with E-state index >= 15 is 0 Å². The first kappa shape index (κ1) is 7.43. The molecule has 0 fully saturated rings. The lowest BCUT2D eigenvalue weighted by Gasteiger charge is -2.05. The Kier molecular flexibility index (Phi) is 1.66. The van der Waals surface area contributed by atoms with E-state index in [2.05, 4.69) is 5.32 Å². The summed E-state index contributed by atoms with van der Waals surface area (Å²) in [7, 11) is 0. The van der Waals surface area contributed by atoms with Gasteiger partial charge in [0.15, 0.2) is 0 Å². The summed E-state index contributed by atoms with van der Waals surface area (Å²) in [6, 6.07) is 5.72. The molecule has 1 atom stereocenters. The van der Waals surface area contributed by atoms with Gasteiger partial charge in [0.05, 0.1) is 0 Å². The Hall–Kier alpha value is -1.22. The number of benzene rings is 1. The minimum absolute atomic E-state index is 0.305. The Bertz CT molecular complexity index is 299. The molecule has 0 radical (unpaired) electrons. The van der Waals surface area contributed by atoms with Gasteiger partial charge in [0, 0.05) is 24.3 Å². The molecule has 0 amide bonds. The number of aromatic hydroxyl groups is 1. The van der Waals surface area contributed by atoms with Gasteiger partial charge in [0.1, 0.15) is 5.75 Å². The zero-order valence-electron chi connectivity index (χ0n) is 6.75. The van der Waals surface area contributed by atoms with E-state index in [0.29, 0.717) is 18.3 Å². The lowest BCUT2D eigenvalue weighted by Crippen LogP contribution is -2.25. The van der Waals surface area contributed by atoms with Crippen LogP contribution in [0, 0.1) is 0 Å².